The molecule has 2 saturated heterocycles. The Morgan fingerprint density at radius 1 is 1.38 bits per heavy atom. The van der Waals surface area contributed by atoms with E-state index < -0.39 is 0 Å². The number of halogens is 2. The van der Waals surface area contributed by atoms with Crippen LogP contribution in [-0.2, 0) is 9.59 Å². The van der Waals surface area contributed by atoms with Gasteiger partial charge in [0.05, 0.1) is 30.1 Å². The third-order valence-corrected chi connectivity index (χ3v) is 6.61. The van der Waals surface area contributed by atoms with Crippen molar-refractivity contribution in [3.63, 3.8) is 0 Å². The Labute approximate surface area is 204 Å². The molecule has 3 heterocycles. The summed E-state index contributed by atoms with van der Waals surface area (Å²) in [5.74, 6) is 1.61. The monoisotopic (exact) mass is 501 g/mol. The topological polar surface area (TPSA) is 105 Å². The molecule has 0 aromatic carbocycles. The molecule has 0 saturated carbocycles. The molecular weight excluding hydrogens is 473 g/mol. The number of nitriles is 1. The standard InChI is InChI=1S/C20H28ClN7O2S.ClH/c1-2-24-28(12-20(30)27-14-31-13-17(27)9-22)16-5-7-26(8-6-16)11-19(29)25-18-4-3-15(21)10-23-18;/h3-4,10,16-17,24H,2,5-8,11-14H2,1H3,(H,23,25,29);1H/t17-;/m1./s1. The molecule has 0 spiro atoms. The van der Waals surface area contributed by atoms with E-state index in [2.05, 4.69) is 26.7 Å². The van der Waals surface area contributed by atoms with Gasteiger partial charge in [0.1, 0.15) is 11.9 Å². The van der Waals surface area contributed by atoms with Crippen molar-refractivity contribution >= 4 is 53.4 Å². The van der Waals surface area contributed by atoms with Crippen LogP contribution in [0.25, 0.3) is 0 Å². The lowest BCUT2D eigenvalue weighted by Crippen LogP contribution is -2.55. The van der Waals surface area contributed by atoms with E-state index in [1.54, 1.807) is 28.8 Å². The van der Waals surface area contributed by atoms with Crippen LogP contribution in [0.1, 0.15) is 19.8 Å². The van der Waals surface area contributed by atoms with E-state index in [1.807, 2.05) is 11.9 Å². The highest BCUT2D eigenvalue weighted by molar-refractivity contribution is 7.99. The molecular formula is C20H29Cl2N7O2S. The minimum absolute atomic E-state index is 0. The highest BCUT2D eigenvalue weighted by Crippen LogP contribution is 2.21. The quantitative estimate of drug-likeness (QED) is 0.519. The molecule has 0 radical (unpaired) electrons. The van der Waals surface area contributed by atoms with Crippen molar-refractivity contribution in [2.45, 2.75) is 31.8 Å². The maximum absolute atomic E-state index is 12.7. The van der Waals surface area contributed by atoms with Crippen molar-refractivity contribution in [1.82, 2.24) is 25.2 Å². The van der Waals surface area contributed by atoms with Crippen molar-refractivity contribution in [3.05, 3.63) is 23.4 Å². The van der Waals surface area contributed by atoms with Crippen LogP contribution in [0.15, 0.2) is 18.3 Å². The average Bonchev–Trinajstić information content (AvgIpc) is 3.25. The first kappa shape index (κ1) is 26.6. The fourth-order valence-electron chi connectivity index (χ4n) is 3.77. The largest absolute Gasteiger partial charge is 0.315 e. The number of piperidine rings is 1. The maximum Gasteiger partial charge on any atom is 0.240 e. The molecule has 12 heteroatoms. The van der Waals surface area contributed by atoms with Crippen molar-refractivity contribution in [1.29, 1.82) is 5.26 Å². The van der Waals surface area contributed by atoms with E-state index in [0.717, 1.165) is 32.5 Å². The maximum atomic E-state index is 12.7. The fourth-order valence-corrected chi connectivity index (χ4v) is 4.99. The number of aromatic nitrogens is 1. The van der Waals surface area contributed by atoms with Gasteiger partial charge in [-0.15, -0.1) is 24.2 Å². The molecule has 0 unspecified atom stereocenters. The molecule has 2 fully saturated rings. The number of rotatable bonds is 8. The van der Waals surface area contributed by atoms with Crippen LogP contribution < -0.4 is 10.7 Å². The van der Waals surface area contributed by atoms with Crippen LogP contribution in [0.5, 0.6) is 0 Å². The number of amides is 2. The molecule has 1 atom stereocenters. The molecule has 1 aromatic rings. The van der Waals surface area contributed by atoms with E-state index in [0.29, 0.717) is 29.0 Å². The first-order valence-corrected chi connectivity index (χ1v) is 11.9. The van der Waals surface area contributed by atoms with Gasteiger partial charge < -0.3 is 10.2 Å². The number of anilines is 1. The summed E-state index contributed by atoms with van der Waals surface area (Å²) in [6.07, 6.45) is 3.20. The minimum atomic E-state index is -0.337. The summed E-state index contributed by atoms with van der Waals surface area (Å²) in [4.78, 5) is 32.9. The number of carbonyl (C=O) groups is 2. The Kier molecular flexibility index (Phi) is 11.0. The SMILES string of the molecule is CCNN(CC(=O)N1CSC[C@H]1C#N)C1CCN(CC(=O)Nc2ccc(Cl)cn2)CC1.Cl. The van der Waals surface area contributed by atoms with Crippen LogP contribution in [0.3, 0.4) is 0 Å². The predicted molar refractivity (Wildman–Crippen MR) is 129 cm³/mol. The van der Waals surface area contributed by atoms with Crippen LogP contribution in [0, 0.1) is 11.3 Å². The zero-order valence-corrected chi connectivity index (χ0v) is 20.4. The van der Waals surface area contributed by atoms with Gasteiger partial charge in [0.2, 0.25) is 11.8 Å². The molecule has 2 amide bonds. The van der Waals surface area contributed by atoms with Crippen molar-refractivity contribution in [2.75, 3.05) is 49.7 Å². The summed E-state index contributed by atoms with van der Waals surface area (Å²) in [5, 5.41) is 14.6. The summed E-state index contributed by atoms with van der Waals surface area (Å²) in [6, 6.07) is 5.44. The highest BCUT2D eigenvalue weighted by atomic mass is 35.5. The van der Waals surface area contributed by atoms with E-state index in [9.17, 15) is 14.9 Å². The first-order chi connectivity index (χ1) is 15.0. The van der Waals surface area contributed by atoms with Gasteiger partial charge >= 0.3 is 0 Å². The lowest BCUT2D eigenvalue weighted by Gasteiger charge is -2.38. The zero-order chi connectivity index (χ0) is 22.2. The number of nitrogens with one attached hydrogen (secondary N) is 2. The molecule has 3 rings (SSSR count). The molecule has 0 bridgehead atoms. The predicted octanol–water partition coefficient (Wildman–Crippen LogP) is 1.81. The van der Waals surface area contributed by atoms with Crippen LogP contribution in [-0.4, -0.2) is 88.0 Å². The van der Waals surface area contributed by atoms with E-state index in [-0.39, 0.29) is 42.8 Å². The number of hydrazine groups is 1. The van der Waals surface area contributed by atoms with Crippen LogP contribution in [0.4, 0.5) is 5.82 Å². The Balaban J connectivity index is 0.00000363. The fraction of sp³-hybridized carbons (Fsp3) is 0.600. The van der Waals surface area contributed by atoms with Gasteiger partial charge in [0.25, 0.3) is 0 Å². The Hall–Kier alpha value is -1.61. The lowest BCUT2D eigenvalue weighted by atomic mass is 10.0. The second-order valence-electron chi connectivity index (χ2n) is 7.57. The number of hydrogen-bond donors (Lipinski definition) is 2. The molecule has 32 heavy (non-hydrogen) atoms. The van der Waals surface area contributed by atoms with Gasteiger partial charge in [0.15, 0.2) is 0 Å². The Morgan fingerprint density at radius 2 is 2.12 bits per heavy atom. The van der Waals surface area contributed by atoms with Gasteiger partial charge in [-0.05, 0) is 25.0 Å². The van der Waals surface area contributed by atoms with Gasteiger partial charge in [-0.1, -0.05) is 18.5 Å². The first-order valence-electron chi connectivity index (χ1n) is 10.4. The lowest BCUT2D eigenvalue weighted by molar-refractivity contribution is -0.134. The number of hydrogen-bond acceptors (Lipinski definition) is 8. The summed E-state index contributed by atoms with van der Waals surface area (Å²) < 4.78 is 0. The number of likely N-dealkylation sites (tertiary alicyclic amines) is 1. The molecule has 2 aliphatic heterocycles. The van der Waals surface area contributed by atoms with Gasteiger partial charge in [-0.25, -0.2) is 9.99 Å². The normalized spacial score (nSPS) is 19.4. The molecule has 9 nitrogen and oxygen atoms in total. The van der Waals surface area contributed by atoms with Crippen LogP contribution in [0.2, 0.25) is 5.02 Å². The van der Waals surface area contributed by atoms with Crippen LogP contribution >= 0.6 is 35.8 Å². The number of carbonyl (C=O) groups excluding carboxylic acids is 2. The number of nitrogens with zero attached hydrogens (tertiary/aromatic N) is 5. The van der Waals surface area contributed by atoms with Crippen molar-refractivity contribution in [3.8, 4) is 6.07 Å². The van der Waals surface area contributed by atoms with E-state index >= 15 is 0 Å². The summed E-state index contributed by atoms with van der Waals surface area (Å²) >= 11 is 7.43. The van der Waals surface area contributed by atoms with Crippen molar-refractivity contribution < 1.29 is 9.59 Å². The second-order valence-corrected chi connectivity index (χ2v) is 9.00. The third kappa shape index (κ3) is 7.47. The average molecular weight is 502 g/mol. The summed E-state index contributed by atoms with van der Waals surface area (Å²) in [7, 11) is 0. The van der Waals surface area contributed by atoms with E-state index in [4.69, 9.17) is 11.6 Å². The zero-order valence-electron chi connectivity index (χ0n) is 18.0. The van der Waals surface area contributed by atoms with Gasteiger partial charge in [0, 0.05) is 37.6 Å². The molecule has 2 aliphatic rings. The van der Waals surface area contributed by atoms with E-state index in [1.165, 1.54) is 6.20 Å². The Bertz CT molecular complexity index is 800. The third-order valence-electron chi connectivity index (χ3n) is 5.38. The molecule has 176 valence electrons. The van der Waals surface area contributed by atoms with Crippen molar-refractivity contribution in [2.24, 2.45) is 0 Å². The molecule has 0 aliphatic carbocycles. The van der Waals surface area contributed by atoms with Gasteiger partial charge in [-0.3, -0.25) is 19.9 Å². The number of pyridine rings is 1. The Morgan fingerprint density at radius 3 is 2.75 bits per heavy atom. The summed E-state index contributed by atoms with van der Waals surface area (Å²) in [6.45, 7) is 4.81. The molecule has 1 aromatic heterocycles. The minimum Gasteiger partial charge on any atom is -0.315 e. The smallest absolute Gasteiger partial charge is 0.240 e. The molecule has 2 N–H and O–H groups in total. The highest BCUT2D eigenvalue weighted by Gasteiger charge is 2.32. The van der Waals surface area contributed by atoms with Gasteiger partial charge in [-0.2, -0.15) is 5.26 Å². The second kappa shape index (κ2) is 13.2. The number of thioether (sulfide) groups is 1. The summed E-state index contributed by atoms with van der Waals surface area (Å²) in [5.41, 5.74) is 3.31.